The summed E-state index contributed by atoms with van der Waals surface area (Å²) in [6.45, 7) is 6.25. The Bertz CT molecular complexity index is 1340. The van der Waals surface area contributed by atoms with Crippen molar-refractivity contribution in [3.8, 4) is 11.5 Å². The van der Waals surface area contributed by atoms with E-state index in [4.69, 9.17) is 18.9 Å². The van der Waals surface area contributed by atoms with Crippen LogP contribution in [0.15, 0.2) is 24.3 Å². The Hall–Kier alpha value is -4.13. The van der Waals surface area contributed by atoms with Crippen molar-refractivity contribution in [2.45, 2.75) is 180 Å². The lowest BCUT2D eigenvalue weighted by molar-refractivity contribution is -0.347. The summed E-state index contributed by atoms with van der Waals surface area (Å²) in [5, 5.41) is 34.3. The minimum Gasteiger partial charge on any atom is -0.546 e. The lowest BCUT2D eigenvalue weighted by Gasteiger charge is -2.40. The zero-order chi connectivity index (χ0) is 42.3. The molecule has 57 heavy (non-hydrogen) atoms. The first-order valence-electron chi connectivity index (χ1n) is 21.1. The van der Waals surface area contributed by atoms with Crippen LogP contribution in [0.1, 0.15) is 168 Å². The molecule has 0 spiro atoms. The van der Waals surface area contributed by atoms with E-state index < -0.39 is 60.7 Å². The largest absolute Gasteiger partial charge is 0.546 e. The van der Waals surface area contributed by atoms with Gasteiger partial charge in [-0.05, 0) is 36.6 Å². The number of aliphatic carboxylic acids is 2. The van der Waals surface area contributed by atoms with Crippen molar-refractivity contribution >= 4 is 35.9 Å². The van der Waals surface area contributed by atoms with E-state index in [0.29, 0.717) is 30.3 Å². The van der Waals surface area contributed by atoms with E-state index in [2.05, 4.69) is 18.6 Å². The van der Waals surface area contributed by atoms with E-state index in [1.807, 2.05) is 0 Å². The number of benzene rings is 1. The van der Waals surface area contributed by atoms with E-state index in [0.717, 1.165) is 52.0 Å². The molecular weight excluding hydrogens is 736 g/mol. The van der Waals surface area contributed by atoms with Crippen molar-refractivity contribution in [3.05, 3.63) is 29.8 Å². The van der Waals surface area contributed by atoms with Gasteiger partial charge in [0.15, 0.2) is 23.2 Å². The fourth-order valence-electron chi connectivity index (χ4n) is 6.39. The third-order valence-corrected chi connectivity index (χ3v) is 9.44. The molecule has 1 rings (SSSR count). The molecule has 0 amide bonds. The fraction of sp³-hybridized carbons (Fsp3) is 0.705. The normalized spacial score (nSPS) is 13.4. The summed E-state index contributed by atoms with van der Waals surface area (Å²) < 4.78 is 26.6. The molecule has 3 unspecified atom stereocenters. The first-order chi connectivity index (χ1) is 27.4. The van der Waals surface area contributed by atoms with Crippen LogP contribution >= 0.6 is 0 Å². The number of carboxylic acids is 2. The highest BCUT2D eigenvalue weighted by molar-refractivity contribution is 5.89. The number of hydrogen-bond donors (Lipinski definition) is 1. The quantitative estimate of drug-likeness (QED) is 0.0346. The van der Waals surface area contributed by atoms with Gasteiger partial charge in [-0.1, -0.05) is 135 Å². The maximum atomic E-state index is 12.6. The molecule has 0 aliphatic heterocycles. The number of aliphatic hydroxyl groups excluding tert-OH is 1. The number of carbonyl (C=O) groups is 5. The summed E-state index contributed by atoms with van der Waals surface area (Å²) in [4.78, 5) is 59.6. The van der Waals surface area contributed by atoms with Crippen LogP contribution in [-0.4, -0.2) is 72.6 Å². The molecule has 0 aromatic heterocycles. The summed E-state index contributed by atoms with van der Waals surface area (Å²) in [5.41, 5.74) is -2.58. The second kappa shape index (κ2) is 30.9. The highest BCUT2D eigenvalue weighted by Gasteiger charge is 2.49. The number of unbranched alkanes of at least 4 members (excludes halogenated alkanes) is 18. The highest BCUT2D eigenvalue weighted by Crippen LogP contribution is 2.30. The number of aliphatic hydroxyl groups is 1. The molecule has 0 saturated carbocycles. The molecule has 3 atom stereocenters. The molecule has 0 heterocycles. The van der Waals surface area contributed by atoms with E-state index >= 15 is 0 Å². The average Bonchev–Trinajstić information content (AvgIpc) is 3.16. The number of carboxylic acid groups (broad SMARTS) is 2. The zero-order valence-corrected chi connectivity index (χ0v) is 34.9. The van der Waals surface area contributed by atoms with Gasteiger partial charge in [0.2, 0.25) is 0 Å². The van der Waals surface area contributed by atoms with Gasteiger partial charge in [-0.25, -0.2) is 4.79 Å². The smallest absolute Gasteiger partial charge is 0.330 e. The molecule has 324 valence electrons. The van der Waals surface area contributed by atoms with Crippen LogP contribution in [-0.2, 0) is 38.2 Å². The van der Waals surface area contributed by atoms with Crippen LogP contribution in [0.25, 0.3) is 6.08 Å². The van der Waals surface area contributed by atoms with Crippen molar-refractivity contribution in [1.29, 1.82) is 0 Å². The van der Waals surface area contributed by atoms with Crippen molar-refractivity contribution < 1.29 is 63.0 Å². The predicted molar refractivity (Wildman–Crippen MR) is 212 cm³/mol. The number of ether oxygens (including phenoxy) is 5. The molecule has 1 N–H and O–H groups in total. The van der Waals surface area contributed by atoms with Gasteiger partial charge in [-0.3, -0.25) is 9.59 Å². The second-order valence-electron chi connectivity index (χ2n) is 14.7. The van der Waals surface area contributed by atoms with Gasteiger partial charge in [0.1, 0.15) is 6.61 Å². The Morgan fingerprint density at radius 1 is 0.684 bits per heavy atom. The number of carbonyl (C=O) groups excluding carboxylic acids is 5. The SMILES string of the molecule is CCCCCCCCCCCCOc1ccc(/C=C/C(=O)OCC(O)CC(OC(C)=O)(C(=O)[O-])C(OC(C)=O)C(=O)[O-])cc1OCCCCCCCCCCCC. The van der Waals surface area contributed by atoms with Crippen LogP contribution in [0.4, 0.5) is 0 Å². The summed E-state index contributed by atoms with van der Waals surface area (Å²) >= 11 is 0. The van der Waals surface area contributed by atoms with Crippen molar-refractivity contribution in [2.24, 2.45) is 0 Å². The zero-order valence-electron chi connectivity index (χ0n) is 34.9. The molecule has 0 saturated heterocycles. The van der Waals surface area contributed by atoms with Crippen LogP contribution in [0.3, 0.4) is 0 Å². The standard InChI is InChI=1S/C44H70O13/c1-5-7-9-11-13-15-17-19-21-23-29-53-38-27-25-36(31-39(38)54-30-24-22-20-18-16-14-12-10-8-6-2)26-28-40(48)55-33-37(47)32-44(43(51)52,57-35(4)46)41(42(49)50)56-34(3)45/h25-28,31,37,41,47H,5-24,29-30,32-33H2,1-4H3,(H,49,50)(H,51,52)/p-2/b28-26+. The van der Waals surface area contributed by atoms with Crippen molar-refractivity contribution in [1.82, 2.24) is 0 Å². The lowest BCUT2D eigenvalue weighted by Crippen LogP contribution is -2.66. The molecule has 0 bridgehead atoms. The molecule has 13 heteroatoms. The van der Waals surface area contributed by atoms with E-state index in [-0.39, 0.29) is 0 Å². The second-order valence-corrected chi connectivity index (χ2v) is 14.7. The van der Waals surface area contributed by atoms with Crippen molar-refractivity contribution in [2.75, 3.05) is 19.8 Å². The third-order valence-electron chi connectivity index (χ3n) is 9.44. The minimum atomic E-state index is -3.18. The van der Waals surface area contributed by atoms with Crippen molar-refractivity contribution in [3.63, 3.8) is 0 Å². The van der Waals surface area contributed by atoms with Crippen LogP contribution < -0.4 is 19.7 Å². The molecule has 1 aromatic carbocycles. The molecule has 0 radical (unpaired) electrons. The predicted octanol–water partition coefficient (Wildman–Crippen LogP) is 6.33. The van der Waals surface area contributed by atoms with Crippen LogP contribution in [0.5, 0.6) is 11.5 Å². The number of esters is 3. The Morgan fingerprint density at radius 3 is 1.60 bits per heavy atom. The average molecular weight is 805 g/mol. The van der Waals surface area contributed by atoms with E-state index in [1.165, 1.54) is 102 Å². The van der Waals surface area contributed by atoms with E-state index in [1.54, 1.807) is 18.2 Å². The van der Waals surface area contributed by atoms with Gasteiger partial charge in [-0.15, -0.1) is 0 Å². The Kier molecular flexibility index (Phi) is 27.6. The Morgan fingerprint density at radius 2 is 1.16 bits per heavy atom. The van der Waals surface area contributed by atoms with Gasteiger partial charge >= 0.3 is 17.9 Å². The Balaban J connectivity index is 2.85. The van der Waals surface area contributed by atoms with Gasteiger partial charge in [-0.2, -0.15) is 0 Å². The number of hydrogen-bond acceptors (Lipinski definition) is 13. The molecule has 0 aliphatic rings. The van der Waals surface area contributed by atoms with Crippen LogP contribution in [0, 0.1) is 0 Å². The lowest BCUT2D eigenvalue weighted by atomic mass is 9.89. The fourth-order valence-corrected chi connectivity index (χ4v) is 6.39. The maximum Gasteiger partial charge on any atom is 0.330 e. The first kappa shape index (κ1) is 50.9. The minimum absolute atomic E-state index is 0.509. The molecule has 1 aromatic rings. The van der Waals surface area contributed by atoms with Gasteiger partial charge in [0.05, 0.1) is 31.3 Å². The molecule has 13 nitrogen and oxygen atoms in total. The first-order valence-corrected chi connectivity index (χ1v) is 21.1. The summed E-state index contributed by atoms with van der Waals surface area (Å²) in [6.07, 6.45) is 21.0. The van der Waals surface area contributed by atoms with E-state index in [9.17, 15) is 39.3 Å². The monoisotopic (exact) mass is 804 g/mol. The van der Waals surface area contributed by atoms with Gasteiger partial charge in [0.25, 0.3) is 0 Å². The number of rotatable bonds is 35. The maximum absolute atomic E-state index is 12.6. The molecular formula is C44H68O13-2. The van der Waals surface area contributed by atoms with Crippen LogP contribution in [0.2, 0.25) is 0 Å². The Labute approximate surface area is 339 Å². The highest BCUT2D eigenvalue weighted by atomic mass is 16.6. The molecule has 0 aliphatic carbocycles. The summed E-state index contributed by atoms with van der Waals surface area (Å²) in [7, 11) is 0. The topological polar surface area (TPSA) is 198 Å². The van der Waals surface area contributed by atoms with Gasteiger partial charge < -0.3 is 48.6 Å². The third kappa shape index (κ3) is 23.0. The summed E-state index contributed by atoms with van der Waals surface area (Å²) in [5.74, 6) is -6.77. The summed E-state index contributed by atoms with van der Waals surface area (Å²) in [6, 6.07) is 5.29. The van der Waals surface area contributed by atoms with Gasteiger partial charge in [0, 0.05) is 26.3 Å². The molecule has 0 fully saturated rings.